The molecule has 3 atom stereocenters. The van der Waals surface area contributed by atoms with Crippen molar-refractivity contribution in [3.63, 3.8) is 0 Å². The average molecular weight is 254 g/mol. The number of H-pyrrole nitrogens is 1. The Labute approximate surface area is 112 Å². The third-order valence-corrected chi connectivity index (χ3v) is 4.88. The van der Waals surface area contributed by atoms with E-state index in [1.165, 1.54) is 22.0 Å². The molecular formula is C16H18N2O. The van der Waals surface area contributed by atoms with Gasteiger partial charge >= 0.3 is 0 Å². The number of carbonyl (C=O) groups is 1. The van der Waals surface area contributed by atoms with Gasteiger partial charge in [-0.25, -0.2) is 0 Å². The summed E-state index contributed by atoms with van der Waals surface area (Å²) in [4.78, 5) is 15.0. The normalized spacial score (nSPS) is 29.2. The molecule has 0 saturated carbocycles. The zero-order chi connectivity index (χ0) is 13.0. The van der Waals surface area contributed by atoms with Crippen molar-refractivity contribution in [2.45, 2.75) is 31.7 Å². The maximum absolute atomic E-state index is 11.7. The molecule has 19 heavy (non-hydrogen) atoms. The van der Waals surface area contributed by atoms with Crippen molar-refractivity contribution < 1.29 is 4.79 Å². The zero-order valence-corrected chi connectivity index (χ0v) is 11.1. The Morgan fingerprint density at radius 1 is 1.37 bits per heavy atom. The highest BCUT2D eigenvalue weighted by Gasteiger charge is 2.37. The first kappa shape index (κ1) is 11.2. The molecule has 1 unspecified atom stereocenters. The van der Waals surface area contributed by atoms with E-state index in [-0.39, 0.29) is 5.92 Å². The molecule has 0 bridgehead atoms. The van der Waals surface area contributed by atoms with Gasteiger partial charge in [0.05, 0.1) is 0 Å². The number of aromatic nitrogens is 1. The molecule has 1 aromatic heterocycles. The number of carbonyl (C=O) groups excluding carboxylic acids is 1. The van der Waals surface area contributed by atoms with E-state index in [4.69, 9.17) is 0 Å². The standard InChI is InChI=1S/C16H18N2O/c1-9(19)10-5-13-12-3-2-4-14-16(12)11(8-17-14)6-15(13)18-7-10/h2-4,8,10,13,15,17-18H,5-7H2,1H3/t10-,13?,15-/m1/s1. The van der Waals surface area contributed by atoms with Crippen LogP contribution in [0.2, 0.25) is 0 Å². The predicted molar refractivity (Wildman–Crippen MR) is 75.3 cm³/mol. The maximum Gasteiger partial charge on any atom is 0.134 e. The summed E-state index contributed by atoms with van der Waals surface area (Å²) >= 11 is 0. The Hall–Kier alpha value is -1.61. The summed E-state index contributed by atoms with van der Waals surface area (Å²) < 4.78 is 0. The molecule has 0 radical (unpaired) electrons. The fraction of sp³-hybridized carbons (Fsp3) is 0.438. The molecule has 2 aliphatic rings. The van der Waals surface area contributed by atoms with Crippen LogP contribution in [-0.2, 0) is 11.2 Å². The van der Waals surface area contributed by atoms with Crippen molar-refractivity contribution >= 4 is 16.7 Å². The van der Waals surface area contributed by atoms with E-state index in [1.54, 1.807) is 6.92 Å². The molecule has 0 spiro atoms. The summed E-state index contributed by atoms with van der Waals surface area (Å²) in [5.74, 6) is 0.977. The van der Waals surface area contributed by atoms with Gasteiger partial charge in [-0.15, -0.1) is 0 Å². The molecule has 98 valence electrons. The number of piperidine rings is 1. The molecule has 2 aromatic rings. The van der Waals surface area contributed by atoms with Crippen molar-refractivity contribution in [3.05, 3.63) is 35.5 Å². The van der Waals surface area contributed by atoms with Crippen molar-refractivity contribution in [3.8, 4) is 0 Å². The molecule has 3 nitrogen and oxygen atoms in total. The van der Waals surface area contributed by atoms with E-state index in [0.29, 0.717) is 17.7 Å². The lowest BCUT2D eigenvalue weighted by Crippen LogP contribution is -2.48. The number of rotatable bonds is 1. The van der Waals surface area contributed by atoms with E-state index >= 15 is 0 Å². The SMILES string of the molecule is CC(=O)[C@H]1CN[C@@H]2Cc3c[nH]c4cccc(c34)C2C1. The van der Waals surface area contributed by atoms with Crippen LogP contribution in [0.25, 0.3) is 10.9 Å². The van der Waals surface area contributed by atoms with Gasteiger partial charge in [0, 0.05) is 41.5 Å². The second-order valence-corrected chi connectivity index (χ2v) is 5.95. The summed E-state index contributed by atoms with van der Waals surface area (Å²) in [6, 6.07) is 6.99. The number of nitrogens with one attached hydrogen (secondary N) is 2. The summed E-state index contributed by atoms with van der Waals surface area (Å²) in [6.07, 6.45) is 4.21. The molecular weight excluding hydrogens is 236 g/mol. The number of fused-ring (bicyclic) bond motifs is 2. The van der Waals surface area contributed by atoms with E-state index in [1.807, 2.05) is 0 Å². The molecule has 1 saturated heterocycles. The zero-order valence-electron chi connectivity index (χ0n) is 11.1. The van der Waals surface area contributed by atoms with E-state index in [2.05, 4.69) is 34.7 Å². The molecule has 1 aliphatic carbocycles. The van der Waals surface area contributed by atoms with Crippen molar-refractivity contribution in [2.75, 3.05) is 6.54 Å². The molecule has 1 aliphatic heterocycles. The number of hydrogen-bond acceptors (Lipinski definition) is 2. The van der Waals surface area contributed by atoms with Crippen molar-refractivity contribution in [2.24, 2.45) is 5.92 Å². The van der Waals surface area contributed by atoms with Crippen LogP contribution in [0.5, 0.6) is 0 Å². The van der Waals surface area contributed by atoms with Gasteiger partial charge in [-0.3, -0.25) is 4.79 Å². The van der Waals surface area contributed by atoms with E-state index in [9.17, 15) is 4.79 Å². The molecule has 3 heteroatoms. The van der Waals surface area contributed by atoms with Crippen molar-refractivity contribution in [1.29, 1.82) is 0 Å². The van der Waals surface area contributed by atoms with Crippen molar-refractivity contribution in [1.82, 2.24) is 10.3 Å². The second kappa shape index (κ2) is 3.94. The average Bonchev–Trinajstić information content (AvgIpc) is 2.83. The largest absolute Gasteiger partial charge is 0.361 e. The first-order valence-electron chi connectivity index (χ1n) is 7.06. The van der Waals surface area contributed by atoms with Crippen LogP contribution in [0.15, 0.2) is 24.4 Å². The van der Waals surface area contributed by atoms with E-state index < -0.39 is 0 Å². The van der Waals surface area contributed by atoms with Crippen LogP contribution in [0.1, 0.15) is 30.4 Å². The third-order valence-electron chi connectivity index (χ3n) is 4.88. The molecule has 2 N–H and O–H groups in total. The summed E-state index contributed by atoms with van der Waals surface area (Å²) in [6.45, 7) is 2.56. The minimum absolute atomic E-state index is 0.178. The Morgan fingerprint density at radius 3 is 3.11 bits per heavy atom. The highest BCUT2D eigenvalue weighted by Crippen LogP contribution is 2.41. The van der Waals surface area contributed by atoms with Crippen LogP contribution >= 0.6 is 0 Å². The predicted octanol–water partition coefficient (Wildman–Crippen LogP) is 2.37. The molecule has 4 rings (SSSR count). The third kappa shape index (κ3) is 1.58. The lowest BCUT2D eigenvalue weighted by Gasteiger charge is -2.39. The van der Waals surface area contributed by atoms with Gasteiger partial charge in [-0.05, 0) is 37.0 Å². The minimum Gasteiger partial charge on any atom is -0.361 e. The molecule has 1 fully saturated rings. The molecule has 2 heterocycles. The second-order valence-electron chi connectivity index (χ2n) is 5.95. The fourth-order valence-corrected chi connectivity index (χ4v) is 3.85. The minimum atomic E-state index is 0.178. The lowest BCUT2D eigenvalue weighted by molar-refractivity contribution is -0.121. The monoisotopic (exact) mass is 254 g/mol. The Kier molecular flexibility index (Phi) is 2.33. The number of Topliss-reactive ketones (excluding diaryl/α,β-unsaturated/α-hetero) is 1. The molecule has 0 amide bonds. The first-order valence-corrected chi connectivity index (χ1v) is 7.06. The van der Waals surface area contributed by atoms with Gasteiger partial charge in [0.1, 0.15) is 5.78 Å². The topological polar surface area (TPSA) is 44.9 Å². The number of aromatic amines is 1. The Balaban J connectivity index is 1.82. The van der Waals surface area contributed by atoms with Gasteiger partial charge in [-0.2, -0.15) is 0 Å². The first-order chi connectivity index (χ1) is 9.24. The van der Waals surface area contributed by atoms with Gasteiger partial charge in [0.25, 0.3) is 0 Å². The quantitative estimate of drug-likeness (QED) is 0.820. The highest BCUT2D eigenvalue weighted by molar-refractivity contribution is 5.88. The molecule has 1 aromatic carbocycles. The van der Waals surface area contributed by atoms with Crippen LogP contribution in [0.4, 0.5) is 0 Å². The van der Waals surface area contributed by atoms with Gasteiger partial charge in [0.15, 0.2) is 0 Å². The Morgan fingerprint density at radius 2 is 2.26 bits per heavy atom. The van der Waals surface area contributed by atoms with Crippen LogP contribution < -0.4 is 5.32 Å². The number of hydrogen-bond donors (Lipinski definition) is 2. The summed E-state index contributed by atoms with van der Waals surface area (Å²) in [7, 11) is 0. The van der Waals surface area contributed by atoms with Gasteiger partial charge in [0.2, 0.25) is 0 Å². The smallest absolute Gasteiger partial charge is 0.134 e. The summed E-state index contributed by atoms with van der Waals surface area (Å²) in [5.41, 5.74) is 4.07. The highest BCUT2D eigenvalue weighted by atomic mass is 16.1. The van der Waals surface area contributed by atoms with Crippen LogP contribution in [0, 0.1) is 5.92 Å². The van der Waals surface area contributed by atoms with Crippen LogP contribution in [0.3, 0.4) is 0 Å². The van der Waals surface area contributed by atoms with E-state index in [0.717, 1.165) is 19.4 Å². The fourth-order valence-electron chi connectivity index (χ4n) is 3.85. The number of benzene rings is 1. The Bertz CT molecular complexity index is 658. The lowest BCUT2D eigenvalue weighted by atomic mass is 9.72. The number of ketones is 1. The van der Waals surface area contributed by atoms with Gasteiger partial charge in [-0.1, -0.05) is 12.1 Å². The van der Waals surface area contributed by atoms with Crippen LogP contribution in [-0.4, -0.2) is 23.4 Å². The van der Waals surface area contributed by atoms with Gasteiger partial charge < -0.3 is 10.3 Å². The summed E-state index contributed by atoms with van der Waals surface area (Å²) in [5, 5.41) is 4.99. The maximum atomic E-state index is 11.7.